The van der Waals surface area contributed by atoms with Crippen molar-refractivity contribution < 1.29 is 18.0 Å². The van der Waals surface area contributed by atoms with E-state index in [0.717, 1.165) is 31.7 Å². The molecule has 196 valence electrons. The third-order valence-corrected chi connectivity index (χ3v) is 7.50. The highest BCUT2D eigenvalue weighted by Gasteiger charge is 2.32. The molecule has 3 rings (SSSR count). The van der Waals surface area contributed by atoms with Crippen LogP contribution in [-0.4, -0.2) is 50.5 Å². The Balaban J connectivity index is 2.03. The summed E-state index contributed by atoms with van der Waals surface area (Å²) in [4.78, 5) is 28.7. The van der Waals surface area contributed by atoms with E-state index in [-0.39, 0.29) is 18.9 Å². The monoisotopic (exact) mass is 585 g/mol. The van der Waals surface area contributed by atoms with E-state index in [0.29, 0.717) is 12.2 Å². The molecule has 37 heavy (non-hydrogen) atoms. The van der Waals surface area contributed by atoms with Crippen molar-refractivity contribution >= 4 is 43.5 Å². The molecule has 0 spiro atoms. The molecule has 0 radical (unpaired) electrons. The van der Waals surface area contributed by atoms with Crippen molar-refractivity contribution in [3.63, 3.8) is 0 Å². The Kier molecular flexibility index (Phi) is 9.88. The fourth-order valence-electron chi connectivity index (χ4n) is 4.00. The predicted molar refractivity (Wildman–Crippen MR) is 151 cm³/mol. The number of benzene rings is 3. The Hall–Kier alpha value is -3.17. The summed E-state index contributed by atoms with van der Waals surface area (Å²) in [7, 11) is -3.78. The first-order valence-corrected chi connectivity index (χ1v) is 14.6. The van der Waals surface area contributed by atoms with Crippen LogP contribution in [0, 0.1) is 6.92 Å². The number of anilines is 1. The molecule has 0 heterocycles. The van der Waals surface area contributed by atoms with Gasteiger partial charge in [-0.25, -0.2) is 8.42 Å². The van der Waals surface area contributed by atoms with Gasteiger partial charge in [0, 0.05) is 24.0 Å². The lowest BCUT2D eigenvalue weighted by Gasteiger charge is -2.33. The summed E-state index contributed by atoms with van der Waals surface area (Å²) < 4.78 is 27.4. The minimum absolute atomic E-state index is 0.137. The van der Waals surface area contributed by atoms with E-state index >= 15 is 0 Å². The van der Waals surface area contributed by atoms with Crippen LogP contribution in [-0.2, 0) is 32.6 Å². The van der Waals surface area contributed by atoms with Crippen LogP contribution in [0.1, 0.15) is 23.6 Å². The number of nitrogens with zero attached hydrogens (tertiary/aromatic N) is 2. The van der Waals surface area contributed by atoms with Gasteiger partial charge >= 0.3 is 0 Å². The van der Waals surface area contributed by atoms with Gasteiger partial charge in [-0.1, -0.05) is 76.1 Å². The van der Waals surface area contributed by atoms with Gasteiger partial charge in [0.05, 0.1) is 11.9 Å². The summed E-state index contributed by atoms with van der Waals surface area (Å²) in [6.07, 6.45) is 1.36. The van der Waals surface area contributed by atoms with Crippen molar-refractivity contribution in [2.24, 2.45) is 0 Å². The molecule has 0 aliphatic carbocycles. The van der Waals surface area contributed by atoms with Crippen molar-refractivity contribution in [1.82, 2.24) is 10.2 Å². The zero-order valence-corrected chi connectivity index (χ0v) is 23.6. The molecule has 0 unspecified atom stereocenters. The minimum atomic E-state index is -3.78. The van der Waals surface area contributed by atoms with Gasteiger partial charge in [0.15, 0.2) is 0 Å². The maximum absolute atomic E-state index is 13.9. The molecule has 3 aromatic carbocycles. The molecular weight excluding hydrogens is 554 g/mol. The lowest BCUT2D eigenvalue weighted by atomic mass is 10.0. The first-order chi connectivity index (χ1) is 17.6. The van der Waals surface area contributed by atoms with Crippen LogP contribution in [0.4, 0.5) is 5.69 Å². The molecule has 0 aliphatic rings. The van der Waals surface area contributed by atoms with Crippen molar-refractivity contribution in [1.29, 1.82) is 0 Å². The molecule has 1 N–H and O–H groups in total. The number of likely N-dealkylation sites (N-methyl/N-ethyl adjacent to an activating group) is 1. The van der Waals surface area contributed by atoms with Crippen LogP contribution < -0.4 is 9.62 Å². The normalized spacial score (nSPS) is 12.0. The quantitative estimate of drug-likeness (QED) is 0.363. The number of aryl methyl sites for hydroxylation is 1. The molecule has 0 saturated carbocycles. The van der Waals surface area contributed by atoms with Crippen LogP contribution in [0.3, 0.4) is 0 Å². The van der Waals surface area contributed by atoms with Crippen LogP contribution in [0.15, 0.2) is 83.3 Å². The average Bonchev–Trinajstić information content (AvgIpc) is 2.85. The summed E-state index contributed by atoms with van der Waals surface area (Å²) in [5.74, 6) is -0.769. The number of hydrogen-bond acceptors (Lipinski definition) is 4. The van der Waals surface area contributed by atoms with Crippen molar-refractivity contribution in [2.45, 2.75) is 32.9 Å². The maximum Gasteiger partial charge on any atom is 0.244 e. The summed E-state index contributed by atoms with van der Waals surface area (Å²) in [6.45, 7) is 3.83. The molecule has 1 atom stereocenters. The number of sulfonamides is 1. The topological polar surface area (TPSA) is 86.8 Å². The number of rotatable bonds is 11. The summed E-state index contributed by atoms with van der Waals surface area (Å²) in [6, 6.07) is 23.1. The molecule has 0 saturated heterocycles. The largest absolute Gasteiger partial charge is 0.355 e. The zero-order chi connectivity index (χ0) is 27.0. The van der Waals surface area contributed by atoms with Gasteiger partial charge in [-0.15, -0.1) is 0 Å². The first kappa shape index (κ1) is 28.4. The second kappa shape index (κ2) is 12.9. The van der Waals surface area contributed by atoms with Crippen LogP contribution in [0.5, 0.6) is 0 Å². The fourth-order valence-corrected chi connectivity index (χ4v) is 5.30. The standard InChI is InChI=1S/C28H32BrN3O4S/c1-4-30-28(34)26(18-22-9-6-5-7-10-22)31(19-23-11-8-12-24(29)17-23)27(33)20-32(37(3,35)36)25-15-13-21(2)14-16-25/h5-17,26H,4,18-20H2,1-3H3,(H,30,34)/t26-/m0/s1. The lowest BCUT2D eigenvalue weighted by Crippen LogP contribution is -2.53. The highest BCUT2D eigenvalue weighted by atomic mass is 79.9. The number of carbonyl (C=O) groups is 2. The van der Waals surface area contributed by atoms with Gasteiger partial charge in [0.1, 0.15) is 12.6 Å². The summed E-state index contributed by atoms with van der Waals surface area (Å²) in [5, 5.41) is 2.85. The van der Waals surface area contributed by atoms with Gasteiger partial charge in [-0.2, -0.15) is 0 Å². The zero-order valence-electron chi connectivity index (χ0n) is 21.2. The average molecular weight is 587 g/mol. The maximum atomic E-state index is 13.9. The van der Waals surface area contributed by atoms with Crippen molar-refractivity contribution in [3.8, 4) is 0 Å². The molecule has 3 aromatic rings. The second-order valence-electron chi connectivity index (χ2n) is 8.86. The van der Waals surface area contributed by atoms with Gasteiger partial charge in [0.2, 0.25) is 21.8 Å². The predicted octanol–water partition coefficient (Wildman–Crippen LogP) is 4.30. The molecule has 0 aromatic heterocycles. The Labute approximate surface area is 227 Å². The highest BCUT2D eigenvalue weighted by Crippen LogP contribution is 2.21. The van der Waals surface area contributed by atoms with Crippen LogP contribution >= 0.6 is 15.9 Å². The molecule has 0 bridgehead atoms. The van der Waals surface area contributed by atoms with Crippen LogP contribution in [0.2, 0.25) is 0 Å². The fraction of sp³-hybridized carbons (Fsp3) is 0.286. The van der Waals surface area contributed by atoms with Gasteiger partial charge in [-0.05, 0) is 49.2 Å². The van der Waals surface area contributed by atoms with E-state index in [1.807, 2.05) is 68.4 Å². The molecule has 2 amide bonds. The van der Waals surface area contributed by atoms with E-state index < -0.39 is 28.5 Å². The second-order valence-corrected chi connectivity index (χ2v) is 11.7. The van der Waals surface area contributed by atoms with E-state index in [2.05, 4.69) is 21.2 Å². The SMILES string of the molecule is CCNC(=O)[C@H](Cc1ccccc1)N(Cc1cccc(Br)c1)C(=O)CN(c1ccc(C)cc1)S(C)(=O)=O. The van der Waals surface area contributed by atoms with Gasteiger partial charge < -0.3 is 10.2 Å². The van der Waals surface area contributed by atoms with Crippen LogP contribution in [0.25, 0.3) is 0 Å². The Morgan fingerprint density at radius 1 is 0.946 bits per heavy atom. The highest BCUT2D eigenvalue weighted by molar-refractivity contribution is 9.10. The Bertz CT molecular complexity index is 1310. The van der Waals surface area contributed by atoms with Gasteiger partial charge in [0.25, 0.3) is 0 Å². The molecule has 0 fully saturated rings. The summed E-state index contributed by atoms with van der Waals surface area (Å²) in [5.41, 5.74) is 3.07. The van der Waals surface area contributed by atoms with E-state index in [1.54, 1.807) is 24.3 Å². The van der Waals surface area contributed by atoms with Crippen molar-refractivity contribution in [3.05, 3.63) is 100 Å². The third kappa shape index (κ3) is 8.16. The number of halogens is 1. The number of carbonyl (C=O) groups excluding carboxylic acids is 2. The van der Waals surface area contributed by atoms with Crippen molar-refractivity contribution in [2.75, 3.05) is 23.7 Å². The first-order valence-electron chi connectivity index (χ1n) is 12.0. The number of hydrogen-bond donors (Lipinski definition) is 1. The number of amides is 2. The molecular formula is C28H32BrN3O4S. The Morgan fingerprint density at radius 3 is 2.19 bits per heavy atom. The molecule has 9 heteroatoms. The molecule has 0 aliphatic heterocycles. The van der Waals surface area contributed by atoms with E-state index in [1.165, 1.54) is 4.90 Å². The summed E-state index contributed by atoms with van der Waals surface area (Å²) >= 11 is 3.47. The smallest absolute Gasteiger partial charge is 0.244 e. The lowest BCUT2D eigenvalue weighted by molar-refractivity contribution is -0.140. The van der Waals surface area contributed by atoms with E-state index in [9.17, 15) is 18.0 Å². The van der Waals surface area contributed by atoms with Gasteiger partial charge in [-0.3, -0.25) is 13.9 Å². The number of nitrogens with one attached hydrogen (secondary N) is 1. The minimum Gasteiger partial charge on any atom is -0.355 e. The molecule has 7 nitrogen and oxygen atoms in total. The van der Waals surface area contributed by atoms with E-state index in [4.69, 9.17) is 0 Å². The third-order valence-electron chi connectivity index (χ3n) is 5.87. The Morgan fingerprint density at radius 2 is 1.59 bits per heavy atom.